The molecule has 0 heterocycles. The van der Waals surface area contributed by atoms with Crippen LogP contribution in [0.2, 0.25) is 0 Å². The molecule has 0 radical (unpaired) electrons. The zero-order valence-corrected chi connectivity index (χ0v) is 13.9. The Morgan fingerprint density at radius 3 is 2.29 bits per heavy atom. The lowest BCUT2D eigenvalue weighted by atomic mass is 9.99. The van der Waals surface area contributed by atoms with E-state index in [9.17, 15) is 15.3 Å². The van der Waals surface area contributed by atoms with Gasteiger partial charge in [-0.1, -0.05) is 42.5 Å². The van der Waals surface area contributed by atoms with E-state index >= 15 is 0 Å². The van der Waals surface area contributed by atoms with Crippen LogP contribution in [0.4, 0.5) is 0 Å². The molecule has 2 aromatic carbocycles. The predicted octanol–water partition coefficient (Wildman–Crippen LogP) is 3.93. The predicted molar refractivity (Wildman–Crippen MR) is 89.7 cm³/mol. The summed E-state index contributed by atoms with van der Waals surface area (Å²) in [4.78, 5) is 12.5. The first-order valence-corrected chi connectivity index (χ1v) is 7.86. The van der Waals surface area contributed by atoms with Crippen molar-refractivity contribution in [3.05, 3.63) is 48.0 Å². The number of hydrogen-bond donors (Lipinski definition) is 0. The van der Waals surface area contributed by atoms with Gasteiger partial charge in [-0.05, 0) is 37.1 Å². The summed E-state index contributed by atoms with van der Waals surface area (Å²) in [7, 11) is 0. The molecular weight excluding hydrogens is 300 g/mol. The largest absolute Gasteiger partial charge is 0.460 e. The van der Waals surface area contributed by atoms with Crippen molar-refractivity contribution < 1.29 is 9.53 Å². The summed E-state index contributed by atoms with van der Waals surface area (Å²) in [5, 5.41) is 21.2. The van der Waals surface area contributed by atoms with Gasteiger partial charge in [0.2, 0.25) is 0 Å². The number of hydrogen-bond acceptors (Lipinski definition) is 4. The third-order valence-corrected chi connectivity index (χ3v) is 4.37. The minimum atomic E-state index is -1.34. The molecular formula is C20H18N2O2. The molecule has 0 aromatic heterocycles. The Balaban J connectivity index is 2.00. The summed E-state index contributed by atoms with van der Waals surface area (Å²) >= 11 is 0. The highest BCUT2D eigenvalue weighted by molar-refractivity contribution is 5.86. The molecule has 1 saturated carbocycles. The van der Waals surface area contributed by atoms with Gasteiger partial charge in [0.25, 0.3) is 0 Å². The van der Waals surface area contributed by atoms with E-state index < -0.39 is 28.8 Å². The molecule has 1 aliphatic carbocycles. The third-order valence-electron chi connectivity index (χ3n) is 4.37. The fourth-order valence-electron chi connectivity index (χ4n) is 3.23. The molecule has 2 atom stereocenters. The molecule has 0 unspecified atom stereocenters. The first-order chi connectivity index (χ1) is 11.3. The molecule has 120 valence electrons. The summed E-state index contributed by atoms with van der Waals surface area (Å²) in [6, 6.07) is 17.8. The number of nitriles is 2. The van der Waals surface area contributed by atoms with Crippen LogP contribution in [0.25, 0.3) is 10.8 Å². The number of ether oxygens (including phenoxy) is 1. The molecule has 0 spiro atoms. The number of fused-ring (bicyclic) bond motifs is 1. The Bertz CT molecular complexity index is 882. The molecule has 0 bridgehead atoms. The zero-order chi connectivity index (χ0) is 17.5. The second-order valence-corrected chi connectivity index (χ2v) is 7.19. The molecule has 4 nitrogen and oxygen atoms in total. The van der Waals surface area contributed by atoms with E-state index in [-0.39, 0.29) is 0 Å². The van der Waals surface area contributed by atoms with Crippen LogP contribution < -0.4 is 0 Å². The van der Waals surface area contributed by atoms with Gasteiger partial charge < -0.3 is 4.74 Å². The summed E-state index contributed by atoms with van der Waals surface area (Å²) in [6.07, 6.45) is 0. The highest BCUT2D eigenvalue weighted by Crippen LogP contribution is 2.65. The van der Waals surface area contributed by atoms with E-state index in [1.807, 2.05) is 42.5 Å². The molecule has 0 N–H and O–H groups in total. The monoisotopic (exact) mass is 318 g/mol. The summed E-state index contributed by atoms with van der Waals surface area (Å²) < 4.78 is 5.42. The number of esters is 1. The summed E-state index contributed by atoms with van der Waals surface area (Å²) in [5.74, 6) is -1.68. The molecule has 1 aliphatic rings. The fraction of sp³-hybridized carbons (Fsp3) is 0.350. The zero-order valence-electron chi connectivity index (χ0n) is 13.9. The Labute approximate surface area is 141 Å². The van der Waals surface area contributed by atoms with Crippen molar-refractivity contribution in [3.63, 3.8) is 0 Å². The van der Waals surface area contributed by atoms with E-state index in [1.54, 1.807) is 20.8 Å². The second-order valence-electron chi connectivity index (χ2n) is 7.19. The second kappa shape index (κ2) is 5.35. The average Bonchev–Trinajstić information content (AvgIpc) is 3.22. The van der Waals surface area contributed by atoms with Gasteiger partial charge in [-0.25, -0.2) is 0 Å². The maximum atomic E-state index is 12.5. The lowest BCUT2D eigenvalue weighted by Gasteiger charge is -2.19. The van der Waals surface area contributed by atoms with Crippen LogP contribution in [0.3, 0.4) is 0 Å². The van der Waals surface area contributed by atoms with Crippen LogP contribution >= 0.6 is 0 Å². The van der Waals surface area contributed by atoms with Gasteiger partial charge in [0, 0.05) is 5.92 Å². The maximum Gasteiger partial charge on any atom is 0.312 e. The van der Waals surface area contributed by atoms with E-state index in [2.05, 4.69) is 12.1 Å². The van der Waals surface area contributed by atoms with Crippen LogP contribution in [0.5, 0.6) is 0 Å². The fourth-order valence-corrected chi connectivity index (χ4v) is 3.23. The van der Waals surface area contributed by atoms with E-state index in [0.29, 0.717) is 0 Å². The quantitative estimate of drug-likeness (QED) is 0.786. The minimum Gasteiger partial charge on any atom is -0.460 e. The average molecular weight is 318 g/mol. The van der Waals surface area contributed by atoms with Crippen LogP contribution in [-0.2, 0) is 9.53 Å². The Morgan fingerprint density at radius 2 is 1.71 bits per heavy atom. The highest BCUT2D eigenvalue weighted by atomic mass is 16.6. The van der Waals surface area contributed by atoms with Crippen molar-refractivity contribution in [2.75, 3.05) is 0 Å². The van der Waals surface area contributed by atoms with Gasteiger partial charge in [-0.15, -0.1) is 0 Å². The topological polar surface area (TPSA) is 73.9 Å². The van der Waals surface area contributed by atoms with Crippen molar-refractivity contribution in [3.8, 4) is 12.1 Å². The molecule has 2 aromatic rings. The first-order valence-electron chi connectivity index (χ1n) is 7.86. The van der Waals surface area contributed by atoms with E-state index in [0.717, 1.165) is 16.3 Å². The molecule has 0 amide bonds. The van der Waals surface area contributed by atoms with Crippen LogP contribution in [0, 0.1) is 34.0 Å². The minimum absolute atomic E-state index is 0.452. The van der Waals surface area contributed by atoms with E-state index in [4.69, 9.17) is 4.74 Å². The van der Waals surface area contributed by atoms with Crippen molar-refractivity contribution in [1.82, 2.24) is 0 Å². The smallest absolute Gasteiger partial charge is 0.312 e. The van der Waals surface area contributed by atoms with Gasteiger partial charge in [0.15, 0.2) is 5.41 Å². The molecule has 3 rings (SSSR count). The SMILES string of the molecule is CC(C)(C)OC(=O)[C@@H]1[C@@H](c2ccc3ccccc3c2)C1(C#N)C#N. The van der Waals surface area contributed by atoms with Crippen LogP contribution in [0.15, 0.2) is 42.5 Å². The maximum absolute atomic E-state index is 12.5. The molecule has 24 heavy (non-hydrogen) atoms. The normalized spacial score (nSPS) is 21.5. The molecule has 0 saturated heterocycles. The summed E-state index contributed by atoms with van der Waals surface area (Å²) in [5.41, 5.74) is -1.16. The van der Waals surface area contributed by atoms with E-state index in [1.165, 1.54) is 0 Å². The number of benzene rings is 2. The molecule has 1 fully saturated rings. The Morgan fingerprint density at radius 1 is 1.08 bits per heavy atom. The third kappa shape index (κ3) is 2.51. The van der Waals surface area contributed by atoms with Gasteiger partial charge in [-0.3, -0.25) is 4.79 Å². The lowest BCUT2D eigenvalue weighted by molar-refractivity contribution is -0.157. The molecule has 4 heteroatoms. The molecule has 0 aliphatic heterocycles. The van der Waals surface area contributed by atoms with Gasteiger partial charge >= 0.3 is 5.97 Å². The van der Waals surface area contributed by atoms with Crippen molar-refractivity contribution in [2.24, 2.45) is 11.3 Å². The number of nitrogens with zero attached hydrogens (tertiary/aromatic N) is 2. The van der Waals surface area contributed by atoms with Gasteiger partial charge in [0.1, 0.15) is 5.60 Å². The van der Waals surface area contributed by atoms with Crippen molar-refractivity contribution in [1.29, 1.82) is 10.5 Å². The lowest BCUT2D eigenvalue weighted by Crippen LogP contribution is -2.26. The number of carbonyl (C=O) groups is 1. The summed E-state index contributed by atoms with van der Waals surface area (Å²) in [6.45, 7) is 5.33. The standard InChI is InChI=1S/C20H18N2O2/c1-19(2,3)24-18(23)17-16(20(17,11-21)12-22)15-9-8-13-6-4-5-7-14(13)10-15/h4-10,16-17H,1-3H3/t16-,17+/m1/s1. The Kier molecular flexibility index (Phi) is 3.57. The number of carbonyl (C=O) groups excluding carboxylic acids is 1. The first kappa shape index (κ1) is 16.0. The van der Waals surface area contributed by atoms with Gasteiger partial charge in [0.05, 0.1) is 18.1 Å². The van der Waals surface area contributed by atoms with Crippen molar-refractivity contribution >= 4 is 16.7 Å². The van der Waals surface area contributed by atoms with Crippen molar-refractivity contribution in [2.45, 2.75) is 32.3 Å². The van der Waals surface area contributed by atoms with Crippen LogP contribution in [0.1, 0.15) is 32.3 Å². The number of rotatable bonds is 2. The van der Waals surface area contributed by atoms with Gasteiger partial charge in [-0.2, -0.15) is 10.5 Å². The van der Waals surface area contributed by atoms with Crippen LogP contribution in [-0.4, -0.2) is 11.6 Å². The highest BCUT2D eigenvalue weighted by Gasteiger charge is 2.72. The Hall–Kier alpha value is -2.85.